The summed E-state index contributed by atoms with van der Waals surface area (Å²) in [6, 6.07) is 24.1. The second-order valence-electron chi connectivity index (χ2n) is 12.6. The van der Waals surface area contributed by atoms with Gasteiger partial charge in [-0.05, 0) is 67.9 Å². The molecule has 3 aromatic rings. The van der Waals surface area contributed by atoms with Crippen molar-refractivity contribution in [2.24, 2.45) is 10.9 Å². The number of guanidine groups is 1. The van der Waals surface area contributed by atoms with E-state index < -0.39 is 12.0 Å². The topological polar surface area (TPSA) is 125 Å². The van der Waals surface area contributed by atoms with Gasteiger partial charge in [0.05, 0.1) is 18.8 Å². The van der Waals surface area contributed by atoms with Crippen LogP contribution in [0.4, 0.5) is 16.2 Å². The number of hydrogen-bond donors (Lipinski definition) is 3. The van der Waals surface area contributed by atoms with Gasteiger partial charge in [0.1, 0.15) is 18.9 Å². The molecular formula is C37H44N6O5. The zero-order valence-electron chi connectivity index (χ0n) is 27.2. The van der Waals surface area contributed by atoms with Gasteiger partial charge in [-0.1, -0.05) is 67.4 Å². The van der Waals surface area contributed by atoms with Crippen LogP contribution in [-0.4, -0.2) is 59.5 Å². The predicted molar refractivity (Wildman–Crippen MR) is 183 cm³/mol. The Hall–Kier alpha value is -4.90. The SMILES string of the molecule is O=C(CCCOc1cccc2c1CN(CC(=O)OCc1ccccc1)C(NC(=O)Nc1ccccc1)=N2)NN1CCCC2CCCCC21. The molecule has 1 aliphatic carbocycles. The van der Waals surface area contributed by atoms with E-state index >= 15 is 0 Å². The zero-order chi connectivity index (χ0) is 33.1. The number of nitrogens with zero attached hydrogens (tertiary/aromatic N) is 3. The largest absolute Gasteiger partial charge is 0.493 e. The normalized spacial score (nSPS) is 18.8. The zero-order valence-corrected chi connectivity index (χ0v) is 27.2. The smallest absolute Gasteiger partial charge is 0.326 e. The average Bonchev–Trinajstić information content (AvgIpc) is 3.10. The Morgan fingerprint density at radius 1 is 0.854 bits per heavy atom. The summed E-state index contributed by atoms with van der Waals surface area (Å²) in [5.41, 5.74) is 6.09. The van der Waals surface area contributed by atoms with Gasteiger partial charge < -0.3 is 19.7 Å². The molecule has 0 radical (unpaired) electrons. The van der Waals surface area contributed by atoms with Crippen molar-refractivity contribution in [3.05, 3.63) is 90.0 Å². The molecule has 0 spiro atoms. The van der Waals surface area contributed by atoms with Crippen molar-refractivity contribution in [2.45, 2.75) is 70.6 Å². The predicted octanol–water partition coefficient (Wildman–Crippen LogP) is 5.90. The molecule has 3 amide bonds. The molecule has 252 valence electrons. The van der Waals surface area contributed by atoms with E-state index in [0.717, 1.165) is 30.5 Å². The number of nitrogens with one attached hydrogen (secondary N) is 3. The molecular weight excluding hydrogens is 608 g/mol. The van der Waals surface area contributed by atoms with Crippen LogP contribution in [0, 0.1) is 5.92 Å². The fourth-order valence-electron chi connectivity index (χ4n) is 6.76. The van der Waals surface area contributed by atoms with E-state index in [4.69, 9.17) is 14.5 Å². The van der Waals surface area contributed by atoms with Crippen molar-refractivity contribution in [3.8, 4) is 5.75 Å². The van der Waals surface area contributed by atoms with Crippen LogP contribution in [-0.2, 0) is 27.5 Å². The van der Waals surface area contributed by atoms with Crippen molar-refractivity contribution in [1.29, 1.82) is 0 Å². The first-order valence-corrected chi connectivity index (χ1v) is 17.0. The van der Waals surface area contributed by atoms with Crippen LogP contribution in [0.2, 0.25) is 0 Å². The Balaban J connectivity index is 1.07. The molecule has 2 fully saturated rings. The minimum absolute atomic E-state index is 0.0224. The third-order valence-corrected chi connectivity index (χ3v) is 9.12. The lowest BCUT2D eigenvalue weighted by Gasteiger charge is -2.43. The van der Waals surface area contributed by atoms with Crippen molar-refractivity contribution >= 4 is 35.2 Å². The molecule has 3 N–H and O–H groups in total. The van der Waals surface area contributed by atoms with E-state index in [1.165, 1.54) is 25.7 Å². The van der Waals surface area contributed by atoms with Crippen LogP contribution >= 0.6 is 0 Å². The Labute approximate surface area is 281 Å². The molecule has 1 saturated carbocycles. The summed E-state index contributed by atoms with van der Waals surface area (Å²) in [6.07, 6.45) is 8.27. The maximum Gasteiger partial charge on any atom is 0.326 e. The van der Waals surface area contributed by atoms with Gasteiger partial charge in [-0.15, -0.1) is 0 Å². The summed E-state index contributed by atoms with van der Waals surface area (Å²) in [5.74, 6) is 1.10. The van der Waals surface area contributed by atoms with Crippen molar-refractivity contribution in [3.63, 3.8) is 0 Å². The molecule has 1 saturated heterocycles. The standard InChI is InChI=1S/C37H44N6O5/c44-34(41-43-22-10-15-28-14-7-8-19-32(28)43)21-11-23-47-33-20-9-18-31-30(33)24-42(25-35(45)48-26-27-12-3-1-4-13-27)36(39-31)40-37(46)38-29-16-5-2-6-17-29/h1-6,9,12-13,16-18,20,28,32H,7-8,10-11,14-15,19,21-26H2,(H,41,44)(H2,38,39,40,46). The van der Waals surface area contributed by atoms with Gasteiger partial charge in [-0.2, -0.15) is 0 Å². The summed E-state index contributed by atoms with van der Waals surface area (Å²) < 4.78 is 11.7. The molecule has 11 nitrogen and oxygen atoms in total. The van der Waals surface area contributed by atoms with Gasteiger partial charge >= 0.3 is 12.0 Å². The maximum atomic E-state index is 13.0. The van der Waals surface area contributed by atoms with E-state index in [9.17, 15) is 14.4 Å². The van der Waals surface area contributed by atoms with Crippen LogP contribution in [0.5, 0.6) is 5.75 Å². The number of anilines is 1. The molecule has 2 atom stereocenters. The number of hydrazine groups is 1. The highest BCUT2D eigenvalue weighted by Crippen LogP contribution is 2.35. The minimum Gasteiger partial charge on any atom is -0.493 e. The van der Waals surface area contributed by atoms with Gasteiger partial charge in [0, 0.05) is 30.3 Å². The number of esters is 1. The van der Waals surface area contributed by atoms with E-state index in [1.807, 2.05) is 66.7 Å². The van der Waals surface area contributed by atoms with E-state index in [1.54, 1.807) is 17.0 Å². The molecule has 6 rings (SSSR count). The first-order valence-electron chi connectivity index (χ1n) is 17.0. The Morgan fingerprint density at radius 3 is 2.46 bits per heavy atom. The lowest BCUT2D eigenvalue weighted by molar-refractivity contribution is -0.145. The highest BCUT2D eigenvalue weighted by molar-refractivity contribution is 6.04. The third kappa shape index (κ3) is 8.92. The molecule has 11 heteroatoms. The summed E-state index contributed by atoms with van der Waals surface area (Å²) >= 11 is 0. The third-order valence-electron chi connectivity index (χ3n) is 9.12. The first kappa shape index (κ1) is 33.0. The number of carbonyl (C=O) groups is 3. The van der Waals surface area contributed by atoms with Gasteiger partial charge in [-0.25, -0.2) is 14.8 Å². The van der Waals surface area contributed by atoms with Gasteiger partial charge in [0.2, 0.25) is 11.9 Å². The summed E-state index contributed by atoms with van der Waals surface area (Å²) in [6.45, 7) is 1.53. The number of urea groups is 1. The summed E-state index contributed by atoms with van der Waals surface area (Å²) in [7, 11) is 0. The quantitative estimate of drug-likeness (QED) is 0.174. The number of para-hydroxylation sites is 1. The number of hydrogen-bond acceptors (Lipinski definition) is 8. The number of ether oxygens (including phenoxy) is 2. The number of amides is 3. The molecule has 48 heavy (non-hydrogen) atoms. The molecule has 2 aliphatic heterocycles. The van der Waals surface area contributed by atoms with E-state index in [2.05, 4.69) is 21.1 Å². The van der Waals surface area contributed by atoms with Gasteiger partial charge in [0.15, 0.2) is 0 Å². The van der Waals surface area contributed by atoms with Crippen LogP contribution in [0.3, 0.4) is 0 Å². The van der Waals surface area contributed by atoms with Gasteiger partial charge in [-0.3, -0.25) is 20.3 Å². The lowest BCUT2D eigenvalue weighted by atomic mass is 9.79. The fraction of sp³-hybridized carbons (Fsp3) is 0.405. The molecule has 2 heterocycles. The minimum atomic E-state index is -0.486. The maximum absolute atomic E-state index is 13.0. The number of fused-ring (bicyclic) bond motifs is 2. The molecule has 0 aromatic heterocycles. The number of benzene rings is 3. The molecule has 0 bridgehead atoms. The number of aliphatic imine (C=N–C) groups is 1. The average molecular weight is 653 g/mol. The monoisotopic (exact) mass is 652 g/mol. The number of rotatable bonds is 11. The van der Waals surface area contributed by atoms with E-state index in [0.29, 0.717) is 48.5 Å². The molecule has 3 aliphatic rings. The van der Waals surface area contributed by atoms with Crippen LogP contribution in [0.25, 0.3) is 0 Å². The molecule has 2 unspecified atom stereocenters. The van der Waals surface area contributed by atoms with Crippen LogP contribution < -0.4 is 20.8 Å². The highest BCUT2D eigenvalue weighted by Gasteiger charge is 2.34. The number of carbonyl (C=O) groups excluding carboxylic acids is 3. The van der Waals surface area contributed by atoms with E-state index in [-0.39, 0.29) is 31.6 Å². The Morgan fingerprint density at radius 2 is 1.62 bits per heavy atom. The van der Waals surface area contributed by atoms with Crippen molar-refractivity contribution in [2.75, 3.05) is 25.0 Å². The van der Waals surface area contributed by atoms with Gasteiger partial charge in [0.25, 0.3) is 0 Å². The molecule has 3 aromatic carbocycles. The second kappa shape index (κ2) is 16.3. The number of piperidine rings is 1. The first-order chi connectivity index (χ1) is 23.5. The van der Waals surface area contributed by atoms with Crippen molar-refractivity contribution < 1.29 is 23.9 Å². The van der Waals surface area contributed by atoms with Crippen LogP contribution in [0.1, 0.15) is 62.5 Å². The van der Waals surface area contributed by atoms with Crippen LogP contribution in [0.15, 0.2) is 83.9 Å². The fourth-order valence-corrected chi connectivity index (χ4v) is 6.76. The Kier molecular flexibility index (Phi) is 11.2. The second-order valence-corrected chi connectivity index (χ2v) is 12.6. The summed E-state index contributed by atoms with van der Waals surface area (Å²) in [4.78, 5) is 45.1. The Bertz CT molecular complexity index is 1580. The lowest BCUT2D eigenvalue weighted by Crippen LogP contribution is -2.55. The highest BCUT2D eigenvalue weighted by atomic mass is 16.5. The van der Waals surface area contributed by atoms with Crippen molar-refractivity contribution in [1.82, 2.24) is 20.7 Å². The summed E-state index contributed by atoms with van der Waals surface area (Å²) in [5, 5.41) is 7.78.